The number of amides is 1. The number of hydrogen-bond acceptors (Lipinski definition) is 3. The quantitative estimate of drug-likeness (QED) is 0.405. The standard InChI is InChI=1S/C25H22N2OS/c1-17-4-8-23(9-5-17)29-24-10-6-20(7-11-24)15-21(16-26)25(28)27-22-13-18(2)12-19(3)14-22/h4-15H,1-3H3,(H,27,28)/b21-15-. The number of nitrogens with zero attached hydrogens (tertiary/aromatic N) is 1. The molecule has 0 aliphatic heterocycles. The summed E-state index contributed by atoms with van der Waals surface area (Å²) in [4.78, 5) is 14.8. The average molecular weight is 399 g/mol. The summed E-state index contributed by atoms with van der Waals surface area (Å²) in [6, 6.07) is 24.0. The molecule has 1 amide bonds. The van der Waals surface area contributed by atoms with Crippen molar-refractivity contribution in [2.75, 3.05) is 5.32 Å². The van der Waals surface area contributed by atoms with E-state index in [9.17, 15) is 10.1 Å². The number of carbonyl (C=O) groups is 1. The molecule has 144 valence electrons. The maximum atomic E-state index is 12.5. The van der Waals surface area contributed by atoms with E-state index in [-0.39, 0.29) is 5.57 Å². The number of aryl methyl sites for hydroxylation is 3. The molecule has 0 saturated heterocycles. The molecule has 4 heteroatoms. The van der Waals surface area contributed by atoms with Crippen LogP contribution in [0, 0.1) is 32.1 Å². The molecule has 3 nitrogen and oxygen atoms in total. The van der Waals surface area contributed by atoms with Crippen LogP contribution >= 0.6 is 11.8 Å². The summed E-state index contributed by atoms with van der Waals surface area (Å²) in [5, 5.41) is 12.2. The third kappa shape index (κ3) is 5.84. The van der Waals surface area contributed by atoms with E-state index in [2.05, 4.69) is 36.5 Å². The third-order valence-corrected chi connectivity index (χ3v) is 5.31. The van der Waals surface area contributed by atoms with Gasteiger partial charge in [-0.3, -0.25) is 4.79 Å². The highest BCUT2D eigenvalue weighted by Gasteiger charge is 2.10. The molecule has 0 heterocycles. The van der Waals surface area contributed by atoms with E-state index in [0.717, 1.165) is 21.6 Å². The third-order valence-electron chi connectivity index (χ3n) is 4.29. The lowest BCUT2D eigenvalue weighted by Gasteiger charge is -2.07. The number of benzene rings is 3. The van der Waals surface area contributed by atoms with Crippen LogP contribution in [0.2, 0.25) is 0 Å². The monoisotopic (exact) mass is 398 g/mol. The molecule has 0 radical (unpaired) electrons. The van der Waals surface area contributed by atoms with E-state index in [4.69, 9.17) is 0 Å². The van der Waals surface area contributed by atoms with Gasteiger partial charge in [0.15, 0.2) is 0 Å². The van der Waals surface area contributed by atoms with Gasteiger partial charge in [-0.05, 0) is 79.9 Å². The lowest BCUT2D eigenvalue weighted by atomic mass is 10.1. The van der Waals surface area contributed by atoms with Crippen LogP contribution in [-0.4, -0.2) is 5.91 Å². The first kappa shape index (κ1) is 20.4. The van der Waals surface area contributed by atoms with Crippen LogP contribution in [0.15, 0.2) is 82.1 Å². The molecule has 0 unspecified atom stereocenters. The number of hydrogen-bond donors (Lipinski definition) is 1. The Bertz CT molecular complexity index is 1070. The smallest absolute Gasteiger partial charge is 0.266 e. The van der Waals surface area contributed by atoms with Gasteiger partial charge in [0.1, 0.15) is 11.6 Å². The fourth-order valence-corrected chi connectivity index (χ4v) is 3.75. The molecule has 0 aliphatic carbocycles. The zero-order valence-electron chi connectivity index (χ0n) is 16.7. The van der Waals surface area contributed by atoms with Gasteiger partial charge in [0.2, 0.25) is 0 Å². The van der Waals surface area contributed by atoms with Gasteiger partial charge < -0.3 is 5.32 Å². The number of nitriles is 1. The van der Waals surface area contributed by atoms with Crippen LogP contribution in [0.25, 0.3) is 6.08 Å². The summed E-state index contributed by atoms with van der Waals surface area (Å²) in [7, 11) is 0. The number of nitrogens with one attached hydrogen (secondary N) is 1. The summed E-state index contributed by atoms with van der Waals surface area (Å²) in [6.07, 6.45) is 1.61. The number of carbonyl (C=O) groups excluding carboxylic acids is 1. The first-order valence-corrected chi connectivity index (χ1v) is 10.1. The maximum Gasteiger partial charge on any atom is 0.266 e. The Morgan fingerprint density at radius 1 is 0.862 bits per heavy atom. The van der Waals surface area contributed by atoms with Crippen LogP contribution in [-0.2, 0) is 4.79 Å². The molecule has 29 heavy (non-hydrogen) atoms. The van der Waals surface area contributed by atoms with Gasteiger partial charge in [0.05, 0.1) is 0 Å². The SMILES string of the molecule is Cc1ccc(Sc2ccc(/C=C(/C#N)C(=O)Nc3cc(C)cc(C)c3)cc2)cc1. The summed E-state index contributed by atoms with van der Waals surface area (Å²) < 4.78 is 0. The summed E-state index contributed by atoms with van der Waals surface area (Å²) in [5.74, 6) is -0.407. The summed E-state index contributed by atoms with van der Waals surface area (Å²) in [6.45, 7) is 6.01. The van der Waals surface area contributed by atoms with E-state index in [0.29, 0.717) is 5.69 Å². The van der Waals surface area contributed by atoms with Crippen LogP contribution in [0.3, 0.4) is 0 Å². The molecule has 0 spiro atoms. The predicted molar refractivity (Wildman–Crippen MR) is 120 cm³/mol. The minimum Gasteiger partial charge on any atom is -0.321 e. The molecule has 1 N–H and O–H groups in total. The number of anilines is 1. The fourth-order valence-electron chi connectivity index (χ4n) is 2.94. The van der Waals surface area contributed by atoms with Gasteiger partial charge >= 0.3 is 0 Å². The van der Waals surface area contributed by atoms with Crippen molar-refractivity contribution in [1.82, 2.24) is 0 Å². The minimum atomic E-state index is -0.407. The Balaban J connectivity index is 1.72. The van der Waals surface area contributed by atoms with Crippen LogP contribution in [0.1, 0.15) is 22.3 Å². The van der Waals surface area contributed by atoms with Gasteiger partial charge in [-0.15, -0.1) is 0 Å². The first-order chi connectivity index (χ1) is 13.9. The zero-order chi connectivity index (χ0) is 20.8. The summed E-state index contributed by atoms with van der Waals surface area (Å²) >= 11 is 1.68. The molecule has 0 fully saturated rings. The summed E-state index contributed by atoms with van der Waals surface area (Å²) in [5.41, 5.74) is 4.93. The van der Waals surface area contributed by atoms with Crippen molar-refractivity contribution in [1.29, 1.82) is 5.26 Å². The highest BCUT2D eigenvalue weighted by molar-refractivity contribution is 7.99. The molecule has 0 atom stereocenters. The van der Waals surface area contributed by atoms with Gasteiger partial charge in [0.25, 0.3) is 5.91 Å². The molecular weight excluding hydrogens is 376 g/mol. The lowest BCUT2D eigenvalue weighted by molar-refractivity contribution is -0.112. The van der Waals surface area contributed by atoms with Crippen molar-refractivity contribution in [3.8, 4) is 6.07 Å². The molecule has 3 aromatic carbocycles. The molecule has 3 rings (SSSR count). The Labute approximate surface area is 176 Å². The van der Waals surface area contributed by atoms with Crippen molar-refractivity contribution in [3.63, 3.8) is 0 Å². The van der Waals surface area contributed by atoms with Crippen molar-refractivity contribution in [2.45, 2.75) is 30.6 Å². The molecule has 3 aromatic rings. The van der Waals surface area contributed by atoms with Crippen molar-refractivity contribution < 1.29 is 4.79 Å². The highest BCUT2D eigenvalue weighted by atomic mass is 32.2. The Hall–Kier alpha value is -3.29. The van der Waals surface area contributed by atoms with E-state index in [1.54, 1.807) is 17.8 Å². The second-order valence-electron chi connectivity index (χ2n) is 6.98. The Kier molecular flexibility index (Phi) is 6.54. The van der Waals surface area contributed by atoms with Crippen LogP contribution in [0.4, 0.5) is 5.69 Å². The van der Waals surface area contributed by atoms with Gasteiger partial charge in [-0.25, -0.2) is 0 Å². The Morgan fingerprint density at radius 3 is 1.97 bits per heavy atom. The molecule has 0 saturated carbocycles. The first-order valence-electron chi connectivity index (χ1n) is 9.29. The normalized spacial score (nSPS) is 11.0. The van der Waals surface area contributed by atoms with E-state index in [1.165, 1.54) is 10.5 Å². The zero-order valence-corrected chi connectivity index (χ0v) is 17.5. The van der Waals surface area contributed by atoms with Crippen LogP contribution < -0.4 is 5.32 Å². The topological polar surface area (TPSA) is 52.9 Å². The molecule has 0 aromatic heterocycles. The van der Waals surface area contributed by atoms with Gasteiger partial charge in [-0.2, -0.15) is 5.26 Å². The van der Waals surface area contributed by atoms with Crippen molar-refractivity contribution >= 4 is 29.4 Å². The predicted octanol–water partition coefficient (Wildman–Crippen LogP) is 6.31. The van der Waals surface area contributed by atoms with E-state index < -0.39 is 5.91 Å². The maximum absolute atomic E-state index is 12.5. The second-order valence-corrected chi connectivity index (χ2v) is 8.13. The minimum absolute atomic E-state index is 0.0723. The van der Waals surface area contributed by atoms with Crippen molar-refractivity contribution in [3.05, 3.63) is 94.6 Å². The molecule has 0 aliphatic rings. The molecular formula is C25H22N2OS. The largest absolute Gasteiger partial charge is 0.321 e. The van der Waals surface area contributed by atoms with Gasteiger partial charge in [0, 0.05) is 15.5 Å². The van der Waals surface area contributed by atoms with E-state index in [1.807, 2.05) is 62.4 Å². The number of rotatable bonds is 5. The van der Waals surface area contributed by atoms with E-state index >= 15 is 0 Å². The molecule has 0 bridgehead atoms. The van der Waals surface area contributed by atoms with Crippen molar-refractivity contribution in [2.24, 2.45) is 0 Å². The van der Waals surface area contributed by atoms with Gasteiger partial charge in [-0.1, -0.05) is 47.7 Å². The highest BCUT2D eigenvalue weighted by Crippen LogP contribution is 2.28. The van der Waals surface area contributed by atoms with Crippen LogP contribution in [0.5, 0.6) is 0 Å². The lowest BCUT2D eigenvalue weighted by Crippen LogP contribution is -2.13. The average Bonchev–Trinajstić information content (AvgIpc) is 2.68. The second kappa shape index (κ2) is 9.27. The fraction of sp³-hybridized carbons (Fsp3) is 0.120. The Morgan fingerprint density at radius 2 is 1.41 bits per heavy atom.